The van der Waals surface area contributed by atoms with Crippen molar-refractivity contribution in [2.45, 2.75) is 13.0 Å². The van der Waals surface area contributed by atoms with Gasteiger partial charge < -0.3 is 15.2 Å². The Kier molecular flexibility index (Phi) is 5.93. The smallest absolute Gasteiger partial charge is 0.263 e. The van der Waals surface area contributed by atoms with Crippen LogP contribution in [-0.4, -0.2) is 29.4 Å². The van der Waals surface area contributed by atoms with Gasteiger partial charge in [0.2, 0.25) is 5.91 Å². The van der Waals surface area contributed by atoms with Crippen molar-refractivity contribution < 1.29 is 22.8 Å². The van der Waals surface area contributed by atoms with Crippen LogP contribution in [0.2, 0.25) is 0 Å². The normalized spacial score (nSPS) is 10.6. The lowest BCUT2D eigenvalue weighted by Gasteiger charge is -2.09. The fourth-order valence-corrected chi connectivity index (χ4v) is 1.99. The van der Waals surface area contributed by atoms with Crippen molar-refractivity contribution in [2.75, 3.05) is 11.9 Å². The zero-order valence-corrected chi connectivity index (χ0v) is 12.8. The number of rotatable bonds is 6. The predicted octanol–water partition coefficient (Wildman–Crippen LogP) is 1.62. The summed E-state index contributed by atoms with van der Waals surface area (Å²) in [4.78, 5) is 35.9. The van der Waals surface area contributed by atoms with E-state index in [-0.39, 0.29) is 5.56 Å². The first-order chi connectivity index (χ1) is 11.9. The molecule has 0 radical (unpaired) electrons. The number of aromatic nitrogens is 1. The van der Waals surface area contributed by atoms with Crippen molar-refractivity contribution in [1.82, 2.24) is 9.88 Å². The number of benzene rings is 1. The van der Waals surface area contributed by atoms with Crippen molar-refractivity contribution in [3.63, 3.8) is 0 Å². The first-order valence-corrected chi connectivity index (χ1v) is 7.18. The van der Waals surface area contributed by atoms with Crippen LogP contribution in [0.4, 0.5) is 18.9 Å². The van der Waals surface area contributed by atoms with E-state index in [0.29, 0.717) is 5.69 Å². The van der Waals surface area contributed by atoms with Crippen LogP contribution in [0.5, 0.6) is 0 Å². The van der Waals surface area contributed by atoms with Gasteiger partial charge in [0.05, 0.1) is 6.54 Å². The van der Waals surface area contributed by atoms with Crippen LogP contribution >= 0.6 is 0 Å². The maximum Gasteiger partial charge on any atom is 0.263 e. The molecular formula is C16H14F3N3O3. The van der Waals surface area contributed by atoms with Crippen LogP contribution < -0.4 is 16.2 Å². The zero-order chi connectivity index (χ0) is 18.4. The molecule has 9 heteroatoms. The molecule has 0 bridgehead atoms. The second-order valence-corrected chi connectivity index (χ2v) is 5.01. The van der Waals surface area contributed by atoms with Gasteiger partial charge in [-0.1, -0.05) is 0 Å². The molecule has 132 valence electrons. The molecule has 6 nitrogen and oxygen atoms in total. The Labute approximate surface area is 140 Å². The number of anilines is 1. The quantitative estimate of drug-likeness (QED) is 0.828. The molecule has 1 heterocycles. The van der Waals surface area contributed by atoms with Gasteiger partial charge in [0.1, 0.15) is 17.9 Å². The van der Waals surface area contributed by atoms with Crippen LogP contribution in [0.15, 0.2) is 47.4 Å². The van der Waals surface area contributed by atoms with E-state index in [1.165, 1.54) is 30.5 Å². The fourth-order valence-electron chi connectivity index (χ4n) is 1.99. The summed E-state index contributed by atoms with van der Waals surface area (Å²) in [5.74, 6) is -1.98. The average molecular weight is 353 g/mol. The molecular weight excluding hydrogens is 339 g/mol. The number of carbonyl (C=O) groups is 2. The van der Waals surface area contributed by atoms with Gasteiger partial charge in [-0.2, -0.15) is 0 Å². The molecule has 1 aromatic carbocycles. The second-order valence-electron chi connectivity index (χ2n) is 5.01. The van der Waals surface area contributed by atoms with Crippen LogP contribution in [0.1, 0.15) is 10.4 Å². The van der Waals surface area contributed by atoms with E-state index < -0.39 is 42.7 Å². The van der Waals surface area contributed by atoms with Crippen LogP contribution in [0.25, 0.3) is 0 Å². The number of pyridine rings is 1. The van der Waals surface area contributed by atoms with Gasteiger partial charge in [-0.25, -0.2) is 13.2 Å². The van der Waals surface area contributed by atoms with Crippen LogP contribution in [0, 0.1) is 5.82 Å². The molecule has 0 saturated carbocycles. The van der Waals surface area contributed by atoms with Crippen molar-refractivity contribution in [1.29, 1.82) is 0 Å². The number of nitrogens with zero attached hydrogens (tertiary/aromatic N) is 1. The third kappa shape index (κ3) is 5.20. The summed E-state index contributed by atoms with van der Waals surface area (Å²) < 4.78 is 38.0. The lowest BCUT2D eigenvalue weighted by atomic mass is 10.2. The standard InChI is InChI=1S/C16H14F3N3O3/c17-10-3-5-11(6-4-10)21-14(23)9-22-7-1-2-12(16(22)25)15(24)20-8-13(18)19/h1-7,13H,8-9H2,(H,20,24)(H,21,23). The van der Waals surface area contributed by atoms with E-state index in [4.69, 9.17) is 0 Å². The van der Waals surface area contributed by atoms with Gasteiger partial charge in [-0.15, -0.1) is 0 Å². The second kappa shape index (κ2) is 8.13. The van der Waals surface area contributed by atoms with E-state index in [1.807, 2.05) is 5.32 Å². The first kappa shape index (κ1) is 18.2. The van der Waals surface area contributed by atoms with Crippen molar-refractivity contribution in [3.8, 4) is 0 Å². The molecule has 2 aromatic rings. The number of amides is 2. The zero-order valence-electron chi connectivity index (χ0n) is 12.8. The molecule has 25 heavy (non-hydrogen) atoms. The maximum absolute atomic E-state index is 12.8. The average Bonchev–Trinajstić information content (AvgIpc) is 2.56. The Morgan fingerprint density at radius 1 is 1.12 bits per heavy atom. The highest BCUT2D eigenvalue weighted by Gasteiger charge is 2.15. The van der Waals surface area contributed by atoms with Gasteiger partial charge in [-0.3, -0.25) is 14.4 Å². The highest BCUT2D eigenvalue weighted by atomic mass is 19.3. The monoisotopic (exact) mass is 353 g/mol. The molecule has 0 aliphatic heterocycles. The van der Waals surface area contributed by atoms with Crippen molar-refractivity contribution in [2.24, 2.45) is 0 Å². The van der Waals surface area contributed by atoms with E-state index in [1.54, 1.807) is 0 Å². The van der Waals surface area contributed by atoms with Gasteiger partial charge in [0, 0.05) is 11.9 Å². The number of halogens is 3. The van der Waals surface area contributed by atoms with Gasteiger partial charge in [0.15, 0.2) is 0 Å². The predicted molar refractivity (Wildman–Crippen MR) is 84.1 cm³/mol. The van der Waals surface area contributed by atoms with Crippen LogP contribution in [0.3, 0.4) is 0 Å². The van der Waals surface area contributed by atoms with Gasteiger partial charge >= 0.3 is 0 Å². The third-order valence-corrected chi connectivity index (χ3v) is 3.12. The van der Waals surface area contributed by atoms with Crippen LogP contribution in [-0.2, 0) is 11.3 Å². The Morgan fingerprint density at radius 3 is 2.44 bits per heavy atom. The number of alkyl halides is 2. The Morgan fingerprint density at radius 2 is 1.80 bits per heavy atom. The minimum Gasteiger partial charge on any atom is -0.346 e. The van der Waals surface area contributed by atoms with E-state index in [0.717, 1.165) is 16.7 Å². The van der Waals surface area contributed by atoms with Gasteiger partial charge in [-0.05, 0) is 36.4 Å². The highest BCUT2D eigenvalue weighted by molar-refractivity contribution is 5.94. The maximum atomic E-state index is 12.8. The molecule has 2 amide bonds. The third-order valence-electron chi connectivity index (χ3n) is 3.12. The molecule has 0 fully saturated rings. The molecule has 2 N–H and O–H groups in total. The molecule has 0 aliphatic carbocycles. The molecule has 2 rings (SSSR count). The molecule has 0 saturated heterocycles. The number of hydrogen-bond acceptors (Lipinski definition) is 3. The molecule has 0 atom stereocenters. The number of hydrogen-bond donors (Lipinski definition) is 2. The minimum absolute atomic E-state index is 0.338. The van der Waals surface area contributed by atoms with Gasteiger partial charge in [0.25, 0.3) is 17.9 Å². The summed E-state index contributed by atoms with van der Waals surface area (Å²) in [5.41, 5.74) is -0.800. The van der Waals surface area contributed by atoms with E-state index in [2.05, 4.69) is 5.32 Å². The SMILES string of the molecule is O=C(Cn1cccc(C(=O)NCC(F)F)c1=O)Nc1ccc(F)cc1. The molecule has 0 spiro atoms. The summed E-state index contributed by atoms with van der Waals surface area (Å²) in [5, 5.41) is 4.40. The Balaban J connectivity index is 2.08. The summed E-state index contributed by atoms with van der Waals surface area (Å²) in [6.07, 6.45) is -1.45. The molecule has 1 aromatic heterocycles. The Bertz CT molecular complexity index is 819. The summed E-state index contributed by atoms with van der Waals surface area (Å²) in [7, 11) is 0. The topological polar surface area (TPSA) is 80.2 Å². The summed E-state index contributed by atoms with van der Waals surface area (Å²) in [6, 6.07) is 7.56. The largest absolute Gasteiger partial charge is 0.346 e. The molecule has 0 aliphatic rings. The molecule has 0 unspecified atom stereocenters. The van der Waals surface area contributed by atoms with E-state index >= 15 is 0 Å². The first-order valence-electron chi connectivity index (χ1n) is 7.18. The summed E-state index contributed by atoms with van der Waals surface area (Å²) >= 11 is 0. The lowest BCUT2D eigenvalue weighted by molar-refractivity contribution is -0.116. The lowest BCUT2D eigenvalue weighted by Crippen LogP contribution is -2.36. The van der Waals surface area contributed by atoms with Crippen molar-refractivity contribution >= 4 is 17.5 Å². The number of carbonyl (C=O) groups excluding carboxylic acids is 2. The van der Waals surface area contributed by atoms with E-state index in [9.17, 15) is 27.6 Å². The summed E-state index contributed by atoms with van der Waals surface area (Å²) in [6.45, 7) is -1.27. The highest BCUT2D eigenvalue weighted by Crippen LogP contribution is 2.08. The van der Waals surface area contributed by atoms with Crippen molar-refractivity contribution in [3.05, 3.63) is 64.3 Å². The fraction of sp³-hybridized carbons (Fsp3) is 0.188. The Hall–Kier alpha value is -3.10. The number of nitrogens with one attached hydrogen (secondary N) is 2. The minimum atomic E-state index is -2.74.